The number of carbonyl (C=O) groups is 2. The second kappa shape index (κ2) is 17.0. The number of unbranched alkanes of at least 4 members (excludes halogenated alkanes) is 1. The molecule has 46 heavy (non-hydrogen) atoms. The number of terminal acetylenes is 1. The fourth-order valence-corrected chi connectivity index (χ4v) is 7.17. The first-order chi connectivity index (χ1) is 22.0. The van der Waals surface area contributed by atoms with Gasteiger partial charge in [0, 0.05) is 11.0 Å². The Morgan fingerprint density at radius 1 is 0.891 bits per heavy atom. The van der Waals surface area contributed by atoms with Crippen LogP contribution in [-0.2, 0) is 25.6 Å². The smallest absolute Gasteiger partial charge is 0.379 e. The second-order valence-electron chi connectivity index (χ2n) is 13.0. The minimum atomic E-state index is -0.821. The van der Waals surface area contributed by atoms with E-state index in [9.17, 15) is 9.59 Å². The van der Waals surface area contributed by atoms with Crippen molar-refractivity contribution in [2.75, 3.05) is 6.61 Å². The second-order valence-corrected chi connectivity index (χ2v) is 13.6. The van der Waals surface area contributed by atoms with Gasteiger partial charge in [0.1, 0.15) is 0 Å². The summed E-state index contributed by atoms with van der Waals surface area (Å²) < 4.78 is 11.0. The highest BCUT2D eigenvalue weighted by Crippen LogP contribution is 2.42. The molecule has 1 atom stereocenters. The normalized spacial score (nSPS) is 12.4. The van der Waals surface area contributed by atoms with Crippen molar-refractivity contribution in [1.82, 2.24) is 0 Å². The predicted molar refractivity (Wildman–Crippen MR) is 193 cm³/mol. The summed E-state index contributed by atoms with van der Waals surface area (Å²) in [5.41, 5.74) is 8.86. The van der Waals surface area contributed by atoms with E-state index in [4.69, 9.17) is 15.3 Å². The minimum Gasteiger partial charge on any atom is -0.460 e. The van der Waals surface area contributed by atoms with Crippen LogP contribution >= 0.6 is 12.0 Å². The number of benzene rings is 3. The van der Waals surface area contributed by atoms with E-state index < -0.39 is 11.8 Å². The average molecular weight is 641 g/mol. The highest BCUT2D eigenvalue weighted by molar-refractivity contribution is 7.99. The SMILES string of the molecule is C#CSOC(CCc1ccc(C(CC)(CC)c2ccc(-c3ccc(C(=O)C(=O)OCC)cc3)c(C)c2)cc1C)C(C)(C)CCCC. The van der Waals surface area contributed by atoms with Gasteiger partial charge >= 0.3 is 5.97 Å². The molecule has 0 bridgehead atoms. The molecule has 3 aromatic carbocycles. The van der Waals surface area contributed by atoms with Crippen LogP contribution < -0.4 is 0 Å². The van der Waals surface area contributed by atoms with Crippen LogP contribution in [0.25, 0.3) is 11.1 Å². The van der Waals surface area contributed by atoms with E-state index >= 15 is 0 Å². The van der Waals surface area contributed by atoms with Crippen molar-refractivity contribution in [2.24, 2.45) is 5.41 Å². The number of ketones is 1. The molecule has 0 aliphatic rings. The highest BCUT2D eigenvalue weighted by atomic mass is 32.2. The number of rotatable bonds is 17. The zero-order valence-corrected chi connectivity index (χ0v) is 29.9. The molecule has 0 aliphatic carbocycles. The molecule has 246 valence electrons. The van der Waals surface area contributed by atoms with Crippen LogP contribution in [0.15, 0.2) is 60.7 Å². The van der Waals surface area contributed by atoms with Gasteiger partial charge in [0.15, 0.2) is 0 Å². The Balaban J connectivity index is 1.86. The molecule has 0 radical (unpaired) electrons. The van der Waals surface area contributed by atoms with Crippen molar-refractivity contribution in [3.8, 4) is 22.8 Å². The fourth-order valence-electron chi connectivity index (χ4n) is 6.64. The molecule has 5 heteroatoms. The van der Waals surface area contributed by atoms with Crippen LogP contribution in [0.5, 0.6) is 0 Å². The van der Waals surface area contributed by atoms with Gasteiger partial charge in [-0.1, -0.05) is 108 Å². The lowest BCUT2D eigenvalue weighted by molar-refractivity contribution is -0.137. The number of carbonyl (C=O) groups excluding carboxylic acids is 2. The Labute approximate surface area is 282 Å². The molecule has 0 aromatic heterocycles. The van der Waals surface area contributed by atoms with E-state index in [2.05, 4.69) is 90.1 Å². The molecular formula is C41H52O4S. The molecule has 3 rings (SSSR count). The van der Waals surface area contributed by atoms with Crippen molar-refractivity contribution >= 4 is 23.8 Å². The summed E-state index contributed by atoms with van der Waals surface area (Å²) in [7, 11) is 0. The Morgan fingerprint density at radius 2 is 1.52 bits per heavy atom. The largest absolute Gasteiger partial charge is 0.460 e. The Morgan fingerprint density at radius 3 is 2.07 bits per heavy atom. The minimum absolute atomic E-state index is 0.0550. The standard InChI is InChI=1S/C41H52O4S/c1-10-15-26-40(8,9)37(45-46-14-5)25-21-31-20-22-34(27-29(31)6)41(11-2,12-3)35-23-24-36(30(7)28-35)32-16-18-33(19-17-32)38(42)39(43)44-13-4/h5,16-20,22-24,27-28,37H,10-13,15,21,25-26H2,1-4,6-9H3. The van der Waals surface area contributed by atoms with Gasteiger partial charge in [-0.3, -0.25) is 8.98 Å². The molecular weight excluding hydrogens is 589 g/mol. The van der Waals surface area contributed by atoms with Crippen LogP contribution in [0.3, 0.4) is 0 Å². The van der Waals surface area contributed by atoms with Crippen LogP contribution in [0.2, 0.25) is 0 Å². The lowest BCUT2D eigenvalue weighted by Gasteiger charge is -2.35. The summed E-state index contributed by atoms with van der Waals surface area (Å²) in [6.45, 7) is 17.6. The number of hydrogen-bond acceptors (Lipinski definition) is 5. The van der Waals surface area contributed by atoms with E-state index in [0.29, 0.717) is 5.56 Å². The van der Waals surface area contributed by atoms with Gasteiger partial charge in [-0.05, 0) is 102 Å². The topological polar surface area (TPSA) is 52.6 Å². The summed E-state index contributed by atoms with van der Waals surface area (Å²) in [6.07, 6.45) is 12.9. The van der Waals surface area contributed by atoms with E-state index in [1.54, 1.807) is 19.1 Å². The summed E-state index contributed by atoms with van der Waals surface area (Å²) >= 11 is 1.13. The van der Waals surface area contributed by atoms with Gasteiger partial charge in [-0.2, -0.15) is 0 Å². The zero-order valence-electron chi connectivity index (χ0n) is 29.1. The van der Waals surface area contributed by atoms with Crippen molar-refractivity contribution < 1.29 is 18.5 Å². The average Bonchev–Trinajstić information content (AvgIpc) is 3.05. The fraction of sp³-hybridized carbons (Fsp3) is 0.463. The van der Waals surface area contributed by atoms with Crippen molar-refractivity contribution in [3.63, 3.8) is 0 Å². The number of ether oxygens (including phenoxy) is 1. The van der Waals surface area contributed by atoms with Gasteiger partial charge in [0.05, 0.1) is 24.8 Å². The molecule has 0 heterocycles. The number of aryl methyl sites for hydroxylation is 3. The van der Waals surface area contributed by atoms with Crippen molar-refractivity contribution in [3.05, 3.63) is 94.0 Å². The lowest BCUT2D eigenvalue weighted by Crippen LogP contribution is -2.31. The summed E-state index contributed by atoms with van der Waals surface area (Å²) in [6, 6.07) is 21.0. The van der Waals surface area contributed by atoms with Gasteiger partial charge in [-0.15, -0.1) is 6.42 Å². The van der Waals surface area contributed by atoms with E-state index in [1.807, 2.05) is 12.1 Å². The predicted octanol–water partition coefficient (Wildman–Crippen LogP) is 10.6. The first-order valence-electron chi connectivity index (χ1n) is 16.8. The molecule has 0 aliphatic heterocycles. The maximum atomic E-state index is 12.3. The van der Waals surface area contributed by atoms with Gasteiger partial charge < -0.3 is 4.74 Å². The summed E-state index contributed by atoms with van der Waals surface area (Å²) in [4.78, 5) is 24.2. The molecule has 0 saturated carbocycles. The molecule has 3 aromatic rings. The molecule has 4 nitrogen and oxygen atoms in total. The first kappa shape index (κ1) is 37.1. The number of Topliss-reactive ketones (excluding diaryl/α,β-unsaturated/α-hetero) is 1. The maximum absolute atomic E-state index is 12.3. The van der Waals surface area contributed by atoms with Gasteiger partial charge in [0.25, 0.3) is 5.78 Å². The number of hydrogen-bond donors (Lipinski definition) is 0. The third-order valence-corrected chi connectivity index (χ3v) is 10.2. The lowest BCUT2D eigenvalue weighted by atomic mass is 9.69. The van der Waals surface area contributed by atoms with Crippen LogP contribution in [0.4, 0.5) is 0 Å². The van der Waals surface area contributed by atoms with E-state index in [1.165, 1.54) is 40.7 Å². The molecule has 0 spiro atoms. The van der Waals surface area contributed by atoms with E-state index in [0.717, 1.165) is 55.3 Å². The first-order valence-corrected chi connectivity index (χ1v) is 17.5. The number of esters is 1. The van der Waals surface area contributed by atoms with Crippen molar-refractivity contribution in [2.45, 2.75) is 112 Å². The Kier molecular flexibility index (Phi) is 13.7. The molecule has 0 fully saturated rings. The molecule has 0 amide bonds. The van der Waals surface area contributed by atoms with Crippen LogP contribution in [0.1, 0.15) is 118 Å². The Bertz CT molecular complexity index is 1510. The summed E-state index contributed by atoms with van der Waals surface area (Å²) in [5.74, 6) is -1.44. The maximum Gasteiger partial charge on any atom is 0.379 e. The van der Waals surface area contributed by atoms with Crippen molar-refractivity contribution in [1.29, 1.82) is 0 Å². The Hall–Kier alpha value is -3.33. The van der Waals surface area contributed by atoms with Crippen LogP contribution in [0, 0.1) is 30.9 Å². The third kappa shape index (κ3) is 8.72. The molecule has 0 saturated heterocycles. The molecule has 1 unspecified atom stereocenters. The summed E-state index contributed by atoms with van der Waals surface area (Å²) in [5, 5.41) is 2.59. The highest BCUT2D eigenvalue weighted by Gasteiger charge is 2.33. The monoisotopic (exact) mass is 640 g/mol. The van der Waals surface area contributed by atoms with E-state index in [-0.39, 0.29) is 23.5 Å². The zero-order chi connectivity index (χ0) is 33.9. The van der Waals surface area contributed by atoms with Crippen LogP contribution in [-0.4, -0.2) is 24.5 Å². The van der Waals surface area contributed by atoms with Gasteiger partial charge in [0.2, 0.25) is 0 Å². The molecule has 0 N–H and O–H groups in total. The third-order valence-electron chi connectivity index (χ3n) is 9.73. The van der Waals surface area contributed by atoms with Gasteiger partial charge in [-0.25, -0.2) is 4.79 Å². The quantitative estimate of drug-likeness (QED) is 0.0483.